The normalized spacial score (nSPS) is 21.1. The van der Waals surface area contributed by atoms with Crippen LogP contribution >= 0.6 is 0 Å². The van der Waals surface area contributed by atoms with Crippen molar-refractivity contribution in [2.45, 2.75) is 38.4 Å². The molecule has 2 aliphatic rings. The van der Waals surface area contributed by atoms with Gasteiger partial charge >= 0.3 is 6.18 Å². The predicted octanol–water partition coefficient (Wildman–Crippen LogP) is 3.73. The number of hydroxylamine groups is 1. The number of aryl methyl sites for hydroxylation is 1. The third-order valence-electron chi connectivity index (χ3n) is 6.26. The van der Waals surface area contributed by atoms with E-state index in [0.717, 1.165) is 17.2 Å². The van der Waals surface area contributed by atoms with Crippen LogP contribution in [-0.2, 0) is 30.4 Å². The maximum atomic E-state index is 13.3. The van der Waals surface area contributed by atoms with Crippen LogP contribution in [0.3, 0.4) is 0 Å². The first kappa shape index (κ1) is 20.4. The Kier molecular flexibility index (Phi) is 5.05. The van der Waals surface area contributed by atoms with Gasteiger partial charge in [0.15, 0.2) is 0 Å². The van der Waals surface area contributed by atoms with E-state index in [1.54, 1.807) is 29.7 Å². The summed E-state index contributed by atoms with van der Waals surface area (Å²) >= 11 is 0. The van der Waals surface area contributed by atoms with Crippen molar-refractivity contribution in [3.05, 3.63) is 70.3 Å². The summed E-state index contributed by atoms with van der Waals surface area (Å²) in [4.78, 5) is 26.4. The minimum absolute atomic E-state index is 0.0568. The van der Waals surface area contributed by atoms with Gasteiger partial charge in [0.05, 0.1) is 11.0 Å². The minimum atomic E-state index is -4.46. The average molecular weight is 418 g/mol. The summed E-state index contributed by atoms with van der Waals surface area (Å²) in [6.45, 7) is 0.365. The van der Waals surface area contributed by atoms with Crippen LogP contribution in [0.1, 0.15) is 45.5 Å². The Labute approximate surface area is 171 Å². The van der Waals surface area contributed by atoms with Crippen molar-refractivity contribution in [2.75, 3.05) is 6.54 Å². The molecule has 1 atom stereocenters. The topological polar surface area (TPSA) is 69.6 Å². The Morgan fingerprint density at radius 2 is 1.90 bits per heavy atom. The SMILES string of the molecule is O=C(NO)c1ccc2c(c1)CCC1(CCN(Cc3ccccc3C(F)(F)F)C1=O)C2. The van der Waals surface area contributed by atoms with E-state index in [4.69, 9.17) is 5.21 Å². The summed E-state index contributed by atoms with van der Waals surface area (Å²) < 4.78 is 39.9. The second-order valence-corrected chi connectivity index (χ2v) is 8.01. The molecule has 0 radical (unpaired) electrons. The smallest absolute Gasteiger partial charge is 0.338 e. The highest BCUT2D eigenvalue weighted by Gasteiger charge is 2.48. The summed E-state index contributed by atoms with van der Waals surface area (Å²) in [5.74, 6) is -0.702. The Bertz CT molecular complexity index is 1010. The highest BCUT2D eigenvalue weighted by atomic mass is 19.4. The van der Waals surface area contributed by atoms with Crippen molar-refractivity contribution in [3.8, 4) is 0 Å². The molecule has 8 heteroatoms. The molecule has 1 aliphatic heterocycles. The van der Waals surface area contributed by atoms with Crippen molar-refractivity contribution in [2.24, 2.45) is 5.41 Å². The number of halogens is 3. The first-order valence-electron chi connectivity index (χ1n) is 9.74. The number of likely N-dealkylation sites (tertiary alicyclic amines) is 1. The molecule has 2 aromatic rings. The molecule has 1 spiro atoms. The van der Waals surface area contributed by atoms with Crippen molar-refractivity contribution >= 4 is 11.8 Å². The molecule has 5 nitrogen and oxygen atoms in total. The molecule has 1 aliphatic carbocycles. The molecule has 0 aromatic heterocycles. The van der Waals surface area contributed by atoms with E-state index in [0.29, 0.717) is 37.8 Å². The average Bonchev–Trinajstić information content (AvgIpc) is 3.02. The van der Waals surface area contributed by atoms with Crippen molar-refractivity contribution in [3.63, 3.8) is 0 Å². The molecule has 2 amide bonds. The standard InChI is InChI=1S/C22H21F3N2O3/c23-22(24,25)18-4-2-1-3-17(18)13-27-10-9-21(20(27)29)8-7-14-11-15(19(28)26-30)5-6-16(14)12-21/h1-6,11,30H,7-10,12-13H2,(H,26,28). The lowest BCUT2D eigenvalue weighted by atomic mass is 9.70. The van der Waals surface area contributed by atoms with Crippen LogP contribution in [0.4, 0.5) is 13.2 Å². The number of alkyl halides is 3. The van der Waals surface area contributed by atoms with Gasteiger partial charge in [0, 0.05) is 18.7 Å². The number of fused-ring (bicyclic) bond motifs is 1. The number of benzene rings is 2. The van der Waals surface area contributed by atoms with Gasteiger partial charge < -0.3 is 4.90 Å². The highest BCUT2D eigenvalue weighted by Crippen LogP contribution is 2.44. The van der Waals surface area contributed by atoms with Gasteiger partial charge in [-0.3, -0.25) is 14.8 Å². The number of nitrogens with zero attached hydrogens (tertiary/aromatic N) is 1. The Balaban J connectivity index is 1.54. The molecular formula is C22H21F3N2O3. The third kappa shape index (κ3) is 3.56. The van der Waals surface area contributed by atoms with Crippen LogP contribution in [0.15, 0.2) is 42.5 Å². The Morgan fingerprint density at radius 3 is 2.63 bits per heavy atom. The van der Waals surface area contributed by atoms with Crippen LogP contribution < -0.4 is 5.48 Å². The van der Waals surface area contributed by atoms with E-state index in [-0.39, 0.29) is 18.0 Å². The van der Waals surface area contributed by atoms with E-state index < -0.39 is 23.1 Å². The van der Waals surface area contributed by atoms with Crippen molar-refractivity contribution in [1.29, 1.82) is 0 Å². The number of hydrogen-bond acceptors (Lipinski definition) is 3. The van der Waals surface area contributed by atoms with Gasteiger partial charge in [-0.15, -0.1) is 0 Å². The molecule has 1 heterocycles. The van der Waals surface area contributed by atoms with Crippen LogP contribution in [0.2, 0.25) is 0 Å². The van der Waals surface area contributed by atoms with Gasteiger partial charge in [0.25, 0.3) is 5.91 Å². The number of amides is 2. The fraction of sp³-hybridized carbons (Fsp3) is 0.364. The molecule has 1 saturated heterocycles. The number of hydrogen-bond donors (Lipinski definition) is 2. The molecule has 158 valence electrons. The lowest BCUT2D eigenvalue weighted by molar-refractivity contribution is -0.141. The Morgan fingerprint density at radius 1 is 1.13 bits per heavy atom. The van der Waals surface area contributed by atoms with E-state index >= 15 is 0 Å². The maximum Gasteiger partial charge on any atom is 0.416 e. The quantitative estimate of drug-likeness (QED) is 0.590. The largest absolute Gasteiger partial charge is 0.416 e. The highest BCUT2D eigenvalue weighted by molar-refractivity contribution is 5.93. The van der Waals surface area contributed by atoms with Gasteiger partial charge in [-0.05, 0) is 60.6 Å². The van der Waals surface area contributed by atoms with E-state index in [9.17, 15) is 22.8 Å². The van der Waals surface area contributed by atoms with Gasteiger partial charge in [0.2, 0.25) is 5.91 Å². The number of rotatable bonds is 3. The first-order chi connectivity index (χ1) is 14.2. The number of carbonyl (C=O) groups excluding carboxylic acids is 2. The van der Waals surface area contributed by atoms with Crippen molar-refractivity contribution in [1.82, 2.24) is 10.4 Å². The van der Waals surface area contributed by atoms with Crippen LogP contribution in [0.5, 0.6) is 0 Å². The lowest BCUT2D eigenvalue weighted by Gasteiger charge is -2.33. The predicted molar refractivity (Wildman–Crippen MR) is 102 cm³/mol. The van der Waals surface area contributed by atoms with Crippen LogP contribution in [0.25, 0.3) is 0 Å². The fourth-order valence-corrected chi connectivity index (χ4v) is 4.64. The first-order valence-corrected chi connectivity index (χ1v) is 9.74. The Hall–Kier alpha value is -2.87. The zero-order chi connectivity index (χ0) is 21.5. The number of carbonyl (C=O) groups is 2. The summed E-state index contributed by atoms with van der Waals surface area (Å²) in [5.41, 5.74) is 2.65. The van der Waals surface area contributed by atoms with Crippen LogP contribution in [0, 0.1) is 5.41 Å². The summed E-state index contributed by atoms with van der Waals surface area (Å²) in [6, 6.07) is 10.5. The second-order valence-electron chi connectivity index (χ2n) is 8.01. The summed E-state index contributed by atoms with van der Waals surface area (Å²) in [5, 5.41) is 8.79. The third-order valence-corrected chi connectivity index (χ3v) is 6.26. The molecule has 0 saturated carbocycles. The lowest BCUT2D eigenvalue weighted by Crippen LogP contribution is -2.38. The molecule has 1 unspecified atom stereocenters. The summed E-state index contributed by atoms with van der Waals surface area (Å²) in [6.07, 6.45) is -2.18. The zero-order valence-corrected chi connectivity index (χ0v) is 16.1. The molecule has 2 N–H and O–H groups in total. The molecule has 4 rings (SSSR count). The molecule has 0 bridgehead atoms. The second kappa shape index (κ2) is 7.43. The molecule has 1 fully saturated rings. The summed E-state index contributed by atoms with van der Waals surface area (Å²) in [7, 11) is 0. The van der Waals surface area contributed by atoms with Gasteiger partial charge in [-0.25, -0.2) is 5.48 Å². The van der Waals surface area contributed by atoms with Gasteiger partial charge in [-0.2, -0.15) is 13.2 Å². The monoisotopic (exact) mass is 418 g/mol. The van der Waals surface area contributed by atoms with E-state index in [1.807, 2.05) is 0 Å². The maximum absolute atomic E-state index is 13.3. The van der Waals surface area contributed by atoms with Crippen LogP contribution in [-0.4, -0.2) is 28.5 Å². The number of nitrogens with one attached hydrogen (secondary N) is 1. The van der Waals surface area contributed by atoms with Crippen molar-refractivity contribution < 1.29 is 28.0 Å². The zero-order valence-electron chi connectivity index (χ0n) is 16.1. The van der Waals surface area contributed by atoms with E-state index in [2.05, 4.69) is 0 Å². The van der Waals surface area contributed by atoms with Gasteiger partial charge in [-0.1, -0.05) is 24.3 Å². The molecule has 30 heavy (non-hydrogen) atoms. The minimum Gasteiger partial charge on any atom is -0.338 e. The molecular weight excluding hydrogens is 397 g/mol. The molecule has 2 aromatic carbocycles. The van der Waals surface area contributed by atoms with E-state index in [1.165, 1.54) is 17.0 Å². The van der Waals surface area contributed by atoms with Gasteiger partial charge in [0.1, 0.15) is 0 Å². The fourth-order valence-electron chi connectivity index (χ4n) is 4.64.